The molecule has 6 nitrogen and oxygen atoms in total. The summed E-state index contributed by atoms with van der Waals surface area (Å²) in [6, 6.07) is 6.11. The van der Waals surface area contributed by atoms with Gasteiger partial charge in [-0.1, -0.05) is 26.0 Å². The minimum atomic E-state index is -2.99. The first-order valence-corrected chi connectivity index (χ1v) is 11.1. The highest BCUT2D eigenvalue weighted by Gasteiger charge is 2.09. The predicted molar refractivity (Wildman–Crippen MR) is 109 cm³/mol. The van der Waals surface area contributed by atoms with Crippen molar-refractivity contribution in [3.63, 3.8) is 0 Å². The first-order valence-electron chi connectivity index (χ1n) is 9.30. The lowest BCUT2D eigenvalue weighted by Gasteiger charge is -2.17. The van der Waals surface area contributed by atoms with Crippen LogP contribution in [-0.2, 0) is 16.4 Å². The smallest absolute Gasteiger partial charge is 0.191 e. The van der Waals surface area contributed by atoms with E-state index in [0.717, 1.165) is 23.3 Å². The van der Waals surface area contributed by atoms with Crippen LogP contribution in [0.3, 0.4) is 0 Å². The zero-order valence-electron chi connectivity index (χ0n) is 16.6. The number of guanidine groups is 1. The summed E-state index contributed by atoms with van der Waals surface area (Å²) >= 11 is 0. The van der Waals surface area contributed by atoms with E-state index >= 15 is 0 Å². The van der Waals surface area contributed by atoms with Gasteiger partial charge >= 0.3 is 0 Å². The van der Waals surface area contributed by atoms with Gasteiger partial charge in [-0.25, -0.2) is 13.4 Å². The molecule has 0 bridgehead atoms. The van der Waals surface area contributed by atoms with Crippen molar-refractivity contribution in [3.05, 3.63) is 29.3 Å². The third-order valence-corrected chi connectivity index (χ3v) is 5.73. The second-order valence-corrected chi connectivity index (χ2v) is 8.78. The van der Waals surface area contributed by atoms with Gasteiger partial charge in [-0.15, -0.1) is 0 Å². The predicted octanol–water partition coefficient (Wildman–Crippen LogP) is 2.66. The normalized spacial score (nSPS) is 13.3. The zero-order valence-corrected chi connectivity index (χ0v) is 17.4. The van der Waals surface area contributed by atoms with E-state index in [0.29, 0.717) is 25.6 Å². The molecule has 0 aliphatic carbocycles. The maximum Gasteiger partial charge on any atom is 0.191 e. The van der Waals surface area contributed by atoms with Gasteiger partial charge in [0, 0.05) is 24.4 Å². The van der Waals surface area contributed by atoms with Crippen LogP contribution < -0.4 is 15.4 Å². The summed E-state index contributed by atoms with van der Waals surface area (Å²) in [7, 11) is -2.99. The number of nitrogens with one attached hydrogen (secondary N) is 2. The Morgan fingerprint density at radius 2 is 1.96 bits per heavy atom. The Balaban J connectivity index is 2.82. The molecule has 1 aromatic rings. The zero-order chi connectivity index (χ0) is 19.6. The van der Waals surface area contributed by atoms with Crippen LogP contribution in [0, 0.1) is 6.92 Å². The van der Waals surface area contributed by atoms with Crippen LogP contribution in [0.25, 0.3) is 0 Å². The Bertz CT molecular complexity index is 687. The SMILES string of the molecule is CCNC(=NCc1ccc(C)cc1OC(C)CC)NCCS(=O)(=O)CC. The van der Waals surface area contributed by atoms with E-state index < -0.39 is 9.84 Å². The van der Waals surface area contributed by atoms with E-state index in [-0.39, 0.29) is 17.6 Å². The molecule has 7 heteroatoms. The summed E-state index contributed by atoms with van der Waals surface area (Å²) in [5.41, 5.74) is 2.15. The molecule has 0 spiro atoms. The number of hydrogen-bond acceptors (Lipinski definition) is 4. The average Bonchev–Trinajstić information content (AvgIpc) is 2.60. The maximum atomic E-state index is 11.6. The lowest BCUT2D eigenvalue weighted by Crippen LogP contribution is -2.39. The molecule has 0 fully saturated rings. The molecule has 0 heterocycles. The van der Waals surface area contributed by atoms with Gasteiger partial charge < -0.3 is 15.4 Å². The number of nitrogens with zero attached hydrogens (tertiary/aromatic N) is 1. The highest BCUT2D eigenvalue weighted by Crippen LogP contribution is 2.23. The Hall–Kier alpha value is -1.76. The molecule has 2 N–H and O–H groups in total. The summed E-state index contributed by atoms with van der Waals surface area (Å²) in [4.78, 5) is 4.57. The molecule has 0 saturated carbocycles. The van der Waals surface area contributed by atoms with Gasteiger partial charge in [-0.2, -0.15) is 0 Å². The van der Waals surface area contributed by atoms with Crippen molar-refractivity contribution < 1.29 is 13.2 Å². The quantitative estimate of drug-likeness (QED) is 0.480. The van der Waals surface area contributed by atoms with E-state index in [1.165, 1.54) is 0 Å². The third-order valence-electron chi connectivity index (χ3n) is 4.02. The number of aryl methyl sites for hydroxylation is 1. The molecule has 0 radical (unpaired) electrons. The summed E-state index contributed by atoms with van der Waals surface area (Å²) in [5, 5.41) is 6.23. The Morgan fingerprint density at radius 3 is 2.58 bits per heavy atom. The molecule has 1 atom stereocenters. The van der Waals surface area contributed by atoms with Crippen LogP contribution in [0.4, 0.5) is 0 Å². The van der Waals surface area contributed by atoms with Gasteiger partial charge in [0.1, 0.15) is 5.75 Å². The fourth-order valence-corrected chi connectivity index (χ4v) is 2.88. The van der Waals surface area contributed by atoms with Crippen LogP contribution in [0.5, 0.6) is 5.75 Å². The first-order chi connectivity index (χ1) is 12.3. The lowest BCUT2D eigenvalue weighted by molar-refractivity contribution is 0.215. The van der Waals surface area contributed by atoms with Crippen LogP contribution in [0.2, 0.25) is 0 Å². The van der Waals surface area contributed by atoms with Crippen molar-refractivity contribution in [2.75, 3.05) is 24.6 Å². The fraction of sp³-hybridized carbons (Fsp3) is 0.632. The number of rotatable bonds is 10. The van der Waals surface area contributed by atoms with Crippen molar-refractivity contribution in [1.82, 2.24) is 10.6 Å². The van der Waals surface area contributed by atoms with Crippen LogP contribution in [0.1, 0.15) is 45.2 Å². The molecule has 0 aromatic heterocycles. The third kappa shape index (κ3) is 8.08. The Kier molecular flexibility index (Phi) is 9.48. The van der Waals surface area contributed by atoms with Gasteiger partial charge in [0.05, 0.1) is 18.4 Å². The highest BCUT2D eigenvalue weighted by molar-refractivity contribution is 7.91. The summed E-state index contributed by atoms with van der Waals surface area (Å²) in [5.74, 6) is 1.71. The summed E-state index contributed by atoms with van der Waals surface area (Å²) in [6.45, 7) is 11.3. The van der Waals surface area contributed by atoms with Crippen LogP contribution in [-0.4, -0.2) is 45.1 Å². The van der Waals surface area contributed by atoms with Gasteiger partial charge in [-0.3, -0.25) is 0 Å². The molecule has 148 valence electrons. The van der Waals surface area contributed by atoms with Crippen molar-refractivity contribution >= 4 is 15.8 Å². The summed E-state index contributed by atoms with van der Waals surface area (Å²) < 4.78 is 29.2. The van der Waals surface area contributed by atoms with Gasteiger partial charge in [0.2, 0.25) is 0 Å². The van der Waals surface area contributed by atoms with Crippen molar-refractivity contribution in [1.29, 1.82) is 0 Å². The topological polar surface area (TPSA) is 79.8 Å². The number of hydrogen-bond donors (Lipinski definition) is 2. The van der Waals surface area contributed by atoms with E-state index in [4.69, 9.17) is 4.74 Å². The second kappa shape index (κ2) is 11.1. The number of benzene rings is 1. The monoisotopic (exact) mass is 383 g/mol. The fourth-order valence-electron chi connectivity index (χ4n) is 2.18. The van der Waals surface area contributed by atoms with E-state index in [2.05, 4.69) is 29.5 Å². The van der Waals surface area contributed by atoms with Gasteiger partial charge in [0.25, 0.3) is 0 Å². The maximum absolute atomic E-state index is 11.6. The molecule has 0 aliphatic rings. The first kappa shape index (κ1) is 22.3. The van der Waals surface area contributed by atoms with Crippen molar-refractivity contribution in [3.8, 4) is 5.75 Å². The van der Waals surface area contributed by atoms with Gasteiger partial charge in [-0.05, 0) is 38.8 Å². The molecule has 0 aliphatic heterocycles. The molecule has 1 rings (SSSR count). The summed E-state index contributed by atoms with van der Waals surface area (Å²) in [6.07, 6.45) is 1.08. The molecule has 0 saturated heterocycles. The average molecular weight is 384 g/mol. The minimum Gasteiger partial charge on any atom is -0.490 e. The highest BCUT2D eigenvalue weighted by atomic mass is 32.2. The molecule has 1 aromatic carbocycles. The molecule has 0 amide bonds. The molecular formula is C19H33N3O3S. The van der Waals surface area contributed by atoms with E-state index in [9.17, 15) is 8.42 Å². The van der Waals surface area contributed by atoms with Crippen molar-refractivity contribution in [2.24, 2.45) is 4.99 Å². The minimum absolute atomic E-state index is 0.0980. The number of ether oxygens (including phenoxy) is 1. The van der Waals surface area contributed by atoms with Crippen molar-refractivity contribution in [2.45, 2.75) is 53.7 Å². The molecule has 1 unspecified atom stereocenters. The second-order valence-electron chi connectivity index (χ2n) is 6.31. The number of sulfone groups is 1. The van der Waals surface area contributed by atoms with Gasteiger partial charge in [0.15, 0.2) is 15.8 Å². The Labute approximate surface area is 158 Å². The van der Waals surface area contributed by atoms with Crippen LogP contribution >= 0.6 is 0 Å². The van der Waals surface area contributed by atoms with E-state index in [1.54, 1.807) is 6.92 Å². The number of aliphatic imine (C=N–C) groups is 1. The lowest BCUT2D eigenvalue weighted by atomic mass is 10.1. The standard InChI is InChI=1S/C19H33N3O3S/c1-6-16(5)25-18-13-15(4)9-10-17(18)14-22-19(20-7-2)21-11-12-26(23,24)8-3/h9-10,13,16H,6-8,11-12,14H2,1-5H3,(H2,20,21,22). The largest absolute Gasteiger partial charge is 0.490 e. The van der Waals surface area contributed by atoms with E-state index in [1.807, 2.05) is 32.0 Å². The molecule has 26 heavy (non-hydrogen) atoms. The molecular weight excluding hydrogens is 350 g/mol. The Morgan fingerprint density at radius 1 is 1.23 bits per heavy atom. The van der Waals surface area contributed by atoms with Crippen LogP contribution in [0.15, 0.2) is 23.2 Å².